The van der Waals surface area contributed by atoms with E-state index in [1.807, 2.05) is 19.1 Å². The lowest BCUT2D eigenvalue weighted by Crippen LogP contribution is -2.01. The molecule has 1 aromatic carbocycles. The smallest absolute Gasteiger partial charge is 0.128 e. The van der Waals surface area contributed by atoms with Crippen molar-refractivity contribution in [1.82, 2.24) is 0 Å². The maximum absolute atomic E-state index is 13.5. The molecule has 0 atom stereocenters. The van der Waals surface area contributed by atoms with Gasteiger partial charge in [0.05, 0.1) is 11.2 Å². The lowest BCUT2D eigenvalue weighted by molar-refractivity contribution is 0.527. The van der Waals surface area contributed by atoms with Gasteiger partial charge in [0, 0.05) is 17.0 Å². The van der Waals surface area contributed by atoms with Crippen LogP contribution in [0.25, 0.3) is 0 Å². The van der Waals surface area contributed by atoms with E-state index in [9.17, 15) is 4.39 Å². The molecule has 1 heterocycles. The Kier molecular flexibility index (Phi) is 3.31. The predicted octanol–water partition coefficient (Wildman–Crippen LogP) is 3.34. The van der Waals surface area contributed by atoms with E-state index in [1.54, 1.807) is 12.3 Å². The minimum absolute atomic E-state index is 0.200. The van der Waals surface area contributed by atoms with Crippen molar-refractivity contribution < 1.29 is 8.81 Å². The minimum Gasteiger partial charge on any atom is -0.468 e. The minimum atomic E-state index is -0.256. The van der Waals surface area contributed by atoms with Gasteiger partial charge in [0.2, 0.25) is 0 Å². The maximum atomic E-state index is 13.5. The molecular weight excluding hydrogens is 225 g/mol. The highest BCUT2D eigenvalue weighted by Crippen LogP contribution is 2.33. The fraction of sp³-hybridized carbons (Fsp3) is 0.167. The SMILES string of the molecule is Cc1occc1Sc1cccc(F)c1CN. The summed E-state index contributed by atoms with van der Waals surface area (Å²) >= 11 is 1.47. The van der Waals surface area contributed by atoms with Crippen molar-refractivity contribution in [1.29, 1.82) is 0 Å². The number of aryl methyl sites for hydroxylation is 1. The zero-order valence-corrected chi connectivity index (χ0v) is 9.68. The topological polar surface area (TPSA) is 39.2 Å². The van der Waals surface area contributed by atoms with Gasteiger partial charge in [-0.05, 0) is 25.1 Å². The summed E-state index contributed by atoms with van der Waals surface area (Å²) in [6.45, 7) is 2.08. The summed E-state index contributed by atoms with van der Waals surface area (Å²) < 4.78 is 18.7. The second-order valence-corrected chi connectivity index (χ2v) is 4.45. The summed E-state index contributed by atoms with van der Waals surface area (Å²) in [4.78, 5) is 1.83. The van der Waals surface area contributed by atoms with E-state index in [4.69, 9.17) is 10.2 Å². The molecule has 4 heteroatoms. The van der Waals surface area contributed by atoms with Gasteiger partial charge in [-0.25, -0.2) is 4.39 Å². The van der Waals surface area contributed by atoms with Crippen molar-refractivity contribution in [3.63, 3.8) is 0 Å². The van der Waals surface area contributed by atoms with Crippen molar-refractivity contribution in [2.75, 3.05) is 0 Å². The molecule has 16 heavy (non-hydrogen) atoms. The van der Waals surface area contributed by atoms with Gasteiger partial charge in [-0.1, -0.05) is 17.8 Å². The first kappa shape index (κ1) is 11.2. The van der Waals surface area contributed by atoms with Crippen LogP contribution in [0, 0.1) is 12.7 Å². The monoisotopic (exact) mass is 237 g/mol. The van der Waals surface area contributed by atoms with Crippen LogP contribution in [-0.2, 0) is 6.54 Å². The standard InChI is InChI=1S/C12H12FNOS/c1-8-11(5-6-15-8)16-12-4-2-3-10(13)9(12)7-14/h2-6H,7,14H2,1H3. The molecule has 2 rings (SSSR count). The number of nitrogens with two attached hydrogens (primary N) is 1. The largest absolute Gasteiger partial charge is 0.468 e. The van der Waals surface area contributed by atoms with Crippen LogP contribution in [0.15, 0.2) is 44.7 Å². The van der Waals surface area contributed by atoms with Crippen LogP contribution in [0.1, 0.15) is 11.3 Å². The molecule has 0 amide bonds. The molecule has 0 saturated heterocycles. The lowest BCUT2D eigenvalue weighted by Gasteiger charge is -2.07. The third kappa shape index (κ3) is 2.13. The Labute approximate surface area is 97.6 Å². The number of rotatable bonds is 3. The quantitative estimate of drug-likeness (QED) is 0.889. The highest BCUT2D eigenvalue weighted by atomic mass is 32.2. The third-order valence-corrected chi connectivity index (χ3v) is 3.56. The molecule has 0 spiro atoms. The van der Waals surface area contributed by atoms with Crippen LogP contribution in [0.3, 0.4) is 0 Å². The van der Waals surface area contributed by atoms with E-state index in [0.29, 0.717) is 5.56 Å². The van der Waals surface area contributed by atoms with Gasteiger partial charge in [-0.15, -0.1) is 0 Å². The van der Waals surface area contributed by atoms with Crippen molar-refractivity contribution in [2.45, 2.75) is 23.3 Å². The molecule has 0 aliphatic carbocycles. The normalized spacial score (nSPS) is 10.7. The Morgan fingerprint density at radius 2 is 2.12 bits per heavy atom. The molecule has 0 aliphatic heterocycles. The fourth-order valence-corrected chi connectivity index (χ4v) is 2.43. The van der Waals surface area contributed by atoms with Crippen molar-refractivity contribution in [3.8, 4) is 0 Å². The van der Waals surface area contributed by atoms with Gasteiger partial charge in [-0.2, -0.15) is 0 Å². The highest BCUT2D eigenvalue weighted by molar-refractivity contribution is 7.99. The molecule has 2 nitrogen and oxygen atoms in total. The van der Waals surface area contributed by atoms with Gasteiger partial charge in [0.25, 0.3) is 0 Å². The summed E-state index contributed by atoms with van der Waals surface area (Å²) in [5.74, 6) is 0.575. The molecule has 2 N–H and O–H groups in total. The van der Waals surface area contributed by atoms with E-state index in [0.717, 1.165) is 15.6 Å². The van der Waals surface area contributed by atoms with E-state index < -0.39 is 0 Å². The van der Waals surface area contributed by atoms with Gasteiger partial charge in [0.15, 0.2) is 0 Å². The number of benzene rings is 1. The molecule has 2 aromatic rings. The third-order valence-electron chi connectivity index (χ3n) is 2.31. The Balaban J connectivity index is 2.35. The summed E-state index contributed by atoms with van der Waals surface area (Å²) in [6.07, 6.45) is 1.62. The van der Waals surface area contributed by atoms with Gasteiger partial charge >= 0.3 is 0 Å². The van der Waals surface area contributed by atoms with Crippen LogP contribution in [0.2, 0.25) is 0 Å². The van der Waals surface area contributed by atoms with Gasteiger partial charge in [-0.3, -0.25) is 0 Å². The summed E-state index contributed by atoms with van der Waals surface area (Å²) in [7, 11) is 0. The van der Waals surface area contributed by atoms with Crippen LogP contribution in [0.4, 0.5) is 4.39 Å². The molecular formula is C12H12FNOS. The first-order valence-electron chi connectivity index (χ1n) is 4.91. The average molecular weight is 237 g/mol. The molecule has 0 aliphatic rings. The maximum Gasteiger partial charge on any atom is 0.128 e. The summed E-state index contributed by atoms with van der Waals surface area (Å²) in [5.41, 5.74) is 6.09. The summed E-state index contributed by atoms with van der Waals surface area (Å²) in [6, 6.07) is 6.84. The lowest BCUT2D eigenvalue weighted by atomic mass is 10.2. The molecule has 0 radical (unpaired) electrons. The first-order valence-corrected chi connectivity index (χ1v) is 5.73. The van der Waals surface area contributed by atoms with Crippen LogP contribution < -0.4 is 5.73 Å². The first-order chi connectivity index (χ1) is 7.72. The number of furan rings is 1. The average Bonchev–Trinajstić information content (AvgIpc) is 2.65. The van der Waals surface area contributed by atoms with E-state index in [1.165, 1.54) is 17.8 Å². The highest BCUT2D eigenvalue weighted by Gasteiger charge is 2.10. The van der Waals surface area contributed by atoms with E-state index in [2.05, 4.69) is 0 Å². The second kappa shape index (κ2) is 4.72. The zero-order valence-electron chi connectivity index (χ0n) is 8.87. The Bertz CT molecular complexity index is 496. The van der Waals surface area contributed by atoms with E-state index in [-0.39, 0.29) is 12.4 Å². The Morgan fingerprint density at radius 1 is 1.31 bits per heavy atom. The predicted molar refractivity (Wildman–Crippen MR) is 61.9 cm³/mol. The fourth-order valence-electron chi connectivity index (χ4n) is 1.43. The van der Waals surface area contributed by atoms with Crippen molar-refractivity contribution in [3.05, 3.63) is 47.7 Å². The van der Waals surface area contributed by atoms with Crippen LogP contribution >= 0.6 is 11.8 Å². The summed E-state index contributed by atoms with van der Waals surface area (Å²) in [5, 5.41) is 0. The Morgan fingerprint density at radius 3 is 2.75 bits per heavy atom. The van der Waals surface area contributed by atoms with Crippen molar-refractivity contribution in [2.24, 2.45) is 5.73 Å². The van der Waals surface area contributed by atoms with E-state index >= 15 is 0 Å². The number of hydrogen-bond acceptors (Lipinski definition) is 3. The number of hydrogen-bond donors (Lipinski definition) is 1. The van der Waals surface area contributed by atoms with Gasteiger partial charge < -0.3 is 10.2 Å². The van der Waals surface area contributed by atoms with Crippen molar-refractivity contribution >= 4 is 11.8 Å². The number of halogens is 1. The zero-order chi connectivity index (χ0) is 11.5. The molecule has 0 bridgehead atoms. The molecule has 0 unspecified atom stereocenters. The molecule has 1 aromatic heterocycles. The molecule has 0 saturated carbocycles. The van der Waals surface area contributed by atoms with Gasteiger partial charge in [0.1, 0.15) is 11.6 Å². The Hall–Kier alpha value is -1.26. The molecule has 84 valence electrons. The van der Waals surface area contributed by atoms with Crippen LogP contribution in [-0.4, -0.2) is 0 Å². The van der Waals surface area contributed by atoms with Crippen LogP contribution in [0.5, 0.6) is 0 Å². The molecule has 0 fully saturated rings. The second-order valence-electron chi connectivity index (χ2n) is 3.36.